The van der Waals surface area contributed by atoms with Gasteiger partial charge in [0.1, 0.15) is 42.7 Å². The molecule has 9 heteroatoms. The van der Waals surface area contributed by atoms with Crippen molar-refractivity contribution in [3.63, 3.8) is 0 Å². The minimum Gasteiger partial charge on any atom is -0.875 e. The fraction of sp³-hybridized carbons (Fsp3) is 0.435. The lowest BCUT2D eigenvalue weighted by Gasteiger charge is -2.32. The van der Waals surface area contributed by atoms with Gasteiger partial charge in [-0.25, -0.2) is 4.79 Å². The first-order valence-corrected chi connectivity index (χ1v) is 9.70. The van der Waals surface area contributed by atoms with Crippen molar-refractivity contribution in [2.24, 2.45) is 11.3 Å². The van der Waals surface area contributed by atoms with Crippen LogP contribution in [-0.4, -0.2) is 49.3 Å². The number of carbonyl (C=O) groups excluding carboxylic acids is 5. The Labute approximate surface area is 187 Å². The molecule has 0 aromatic rings. The van der Waals surface area contributed by atoms with Crippen LogP contribution in [0.1, 0.15) is 33.6 Å². The molecule has 0 aromatic heterocycles. The van der Waals surface area contributed by atoms with Gasteiger partial charge in [-0.05, 0) is 20.3 Å². The van der Waals surface area contributed by atoms with Gasteiger partial charge < -0.3 is 19.3 Å². The van der Waals surface area contributed by atoms with Crippen molar-refractivity contribution in [3.8, 4) is 0 Å². The SMILES string of the molecule is C=CCOC(=O)/C(CC(CC(C(C)=O)C(=O)OCC=C)(C(C)=O)C(=O)OCC=C)=C(/C)[O-]. The maximum atomic E-state index is 13.0. The van der Waals surface area contributed by atoms with E-state index in [4.69, 9.17) is 14.2 Å². The molecule has 9 nitrogen and oxygen atoms in total. The quantitative estimate of drug-likeness (QED) is 0.0906. The van der Waals surface area contributed by atoms with Crippen molar-refractivity contribution in [2.45, 2.75) is 33.6 Å². The summed E-state index contributed by atoms with van der Waals surface area (Å²) in [4.78, 5) is 62.8. The van der Waals surface area contributed by atoms with E-state index < -0.39 is 65.0 Å². The second kappa shape index (κ2) is 13.7. The molecule has 0 fully saturated rings. The number of hydrogen-bond donors (Lipinski definition) is 0. The van der Waals surface area contributed by atoms with Crippen LogP contribution in [0.15, 0.2) is 49.3 Å². The Hall–Kier alpha value is -3.49. The van der Waals surface area contributed by atoms with Crippen LogP contribution in [-0.2, 0) is 38.2 Å². The van der Waals surface area contributed by atoms with Crippen LogP contribution in [0.25, 0.3) is 0 Å². The molecular weight excluding hydrogens is 420 g/mol. The third-order valence-electron chi connectivity index (χ3n) is 4.55. The van der Waals surface area contributed by atoms with Crippen LogP contribution in [0.2, 0.25) is 0 Å². The normalized spacial score (nSPS) is 14.0. The van der Waals surface area contributed by atoms with Crippen LogP contribution in [0.3, 0.4) is 0 Å². The summed E-state index contributed by atoms with van der Waals surface area (Å²) in [7, 11) is 0. The van der Waals surface area contributed by atoms with E-state index in [1.165, 1.54) is 18.2 Å². The van der Waals surface area contributed by atoms with Crippen LogP contribution in [0.4, 0.5) is 0 Å². The summed E-state index contributed by atoms with van der Waals surface area (Å²) < 4.78 is 14.9. The average Bonchev–Trinajstić information content (AvgIpc) is 2.73. The average molecular weight is 449 g/mol. The van der Waals surface area contributed by atoms with Crippen molar-refractivity contribution in [1.82, 2.24) is 0 Å². The Morgan fingerprint density at radius 1 is 0.875 bits per heavy atom. The number of allylic oxidation sites excluding steroid dienone is 1. The van der Waals surface area contributed by atoms with Gasteiger partial charge in [0, 0.05) is 12.0 Å². The molecule has 0 aliphatic carbocycles. The lowest BCUT2D eigenvalue weighted by atomic mass is 9.70. The summed E-state index contributed by atoms with van der Waals surface area (Å²) in [6.45, 7) is 12.7. The minimum absolute atomic E-state index is 0.199. The number of carbonyl (C=O) groups is 5. The van der Waals surface area contributed by atoms with E-state index in [1.54, 1.807) is 0 Å². The van der Waals surface area contributed by atoms with E-state index in [0.717, 1.165) is 20.8 Å². The maximum absolute atomic E-state index is 13.0. The summed E-state index contributed by atoms with van der Waals surface area (Å²) in [6.07, 6.45) is 2.39. The van der Waals surface area contributed by atoms with Gasteiger partial charge >= 0.3 is 17.9 Å². The fourth-order valence-corrected chi connectivity index (χ4v) is 2.76. The second-order valence-corrected chi connectivity index (χ2v) is 6.91. The summed E-state index contributed by atoms with van der Waals surface area (Å²) in [6, 6.07) is 0. The lowest BCUT2D eigenvalue weighted by Crippen LogP contribution is -2.45. The van der Waals surface area contributed by atoms with Crippen molar-refractivity contribution < 1.29 is 43.3 Å². The van der Waals surface area contributed by atoms with E-state index in [1.807, 2.05) is 0 Å². The van der Waals surface area contributed by atoms with Gasteiger partial charge in [-0.3, -0.25) is 19.2 Å². The molecule has 0 N–H and O–H groups in total. The Bertz CT molecular complexity index is 802. The van der Waals surface area contributed by atoms with Gasteiger partial charge in [-0.1, -0.05) is 44.9 Å². The molecule has 2 atom stereocenters. The number of Topliss-reactive ketones (excluding diaryl/α,β-unsaturated/α-hetero) is 2. The zero-order valence-corrected chi connectivity index (χ0v) is 18.6. The van der Waals surface area contributed by atoms with E-state index in [0.29, 0.717) is 0 Å². The molecule has 0 bridgehead atoms. The first-order valence-electron chi connectivity index (χ1n) is 9.70. The van der Waals surface area contributed by atoms with Gasteiger partial charge in [-0.2, -0.15) is 0 Å². The zero-order chi connectivity index (χ0) is 24.9. The van der Waals surface area contributed by atoms with E-state index >= 15 is 0 Å². The third kappa shape index (κ3) is 7.98. The van der Waals surface area contributed by atoms with E-state index in [2.05, 4.69) is 19.7 Å². The molecule has 0 aliphatic rings. The van der Waals surface area contributed by atoms with Crippen molar-refractivity contribution in [3.05, 3.63) is 49.3 Å². The number of ether oxygens (including phenoxy) is 3. The van der Waals surface area contributed by atoms with Crippen LogP contribution < -0.4 is 5.11 Å². The van der Waals surface area contributed by atoms with E-state index in [-0.39, 0.29) is 19.8 Å². The summed E-state index contributed by atoms with van der Waals surface area (Å²) >= 11 is 0. The van der Waals surface area contributed by atoms with Crippen LogP contribution in [0, 0.1) is 11.3 Å². The van der Waals surface area contributed by atoms with Gasteiger partial charge in [0.25, 0.3) is 0 Å². The highest BCUT2D eigenvalue weighted by Gasteiger charge is 2.50. The molecule has 0 spiro atoms. The highest BCUT2D eigenvalue weighted by molar-refractivity contribution is 6.07. The van der Waals surface area contributed by atoms with Crippen LogP contribution >= 0.6 is 0 Å². The van der Waals surface area contributed by atoms with E-state index in [9.17, 15) is 29.1 Å². The smallest absolute Gasteiger partial charge is 0.333 e. The van der Waals surface area contributed by atoms with Gasteiger partial charge in [0.2, 0.25) is 0 Å². The molecule has 0 aromatic carbocycles. The molecule has 176 valence electrons. The number of hydrogen-bond acceptors (Lipinski definition) is 9. The third-order valence-corrected chi connectivity index (χ3v) is 4.55. The summed E-state index contributed by atoms with van der Waals surface area (Å²) in [5.74, 6) is -6.96. The first kappa shape index (κ1) is 28.5. The van der Waals surface area contributed by atoms with Crippen molar-refractivity contribution in [2.75, 3.05) is 19.8 Å². The van der Waals surface area contributed by atoms with Crippen LogP contribution in [0.5, 0.6) is 0 Å². The Kier molecular flexibility index (Phi) is 12.2. The number of rotatable bonds is 15. The minimum atomic E-state index is -2.21. The predicted octanol–water partition coefficient (Wildman–Crippen LogP) is 1.37. The molecule has 0 rings (SSSR count). The molecule has 0 aliphatic heterocycles. The highest BCUT2D eigenvalue weighted by Crippen LogP contribution is 2.38. The zero-order valence-electron chi connectivity index (χ0n) is 18.6. The molecule has 2 unspecified atom stereocenters. The molecule has 32 heavy (non-hydrogen) atoms. The molecule has 0 saturated carbocycles. The fourth-order valence-electron chi connectivity index (χ4n) is 2.76. The number of esters is 3. The summed E-state index contributed by atoms with van der Waals surface area (Å²) in [5, 5.41) is 12.2. The standard InChI is InChI=1S/C23H30O9/c1-7-10-30-20(27)18(15(4)24)13-23(17(6)26,22(29)32-12-9-3)14-19(16(5)25)21(28)31-11-8-2/h7-9,18,25H,1-3,10-14H2,4-6H3/p-1/b19-16-. The summed E-state index contributed by atoms with van der Waals surface area (Å²) in [5.41, 5.74) is -2.71. The topological polar surface area (TPSA) is 136 Å². The molecule has 0 radical (unpaired) electrons. The maximum Gasteiger partial charge on any atom is 0.333 e. The molecular formula is C23H29O9-. The molecule has 0 saturated heterocycles. The largest absolute Gasteiger partial charge is 0.875 e. The molecule has 0 amide bonds. The van der Waals surface area contributed by atoms with Crippen molar-refractivity contribution >= 4 is 29.5 Å². The van der Waals surface area contributed by atoms with Crippen molar-refractivity contribution in [1.29, 1.82) is 0 Å². The predicted molar refractivity (Wildman–Crippen MR) is 113 cm³/mol. The Morgan fingerprint density at radius 2 is 1.38 bits per heavy atom. The van der Waals surface area contributed by atoms with Gasteiger partial charge in [-0.15, -0.1) is 5.76 Å². The highest BCUT2D eigenvalue weighted by atomic mass is 16.5. The molecule has 0 heterocycles. The van der Waals surface area contributed by atoms with Gasteiger partial charge in [0.05, 0.1) is 0 Å². The second-order valence-electron chi connectivity index (χ2n) is 6.91. The Morgan fingerprint density at radius 3 is 1.81 bits per heavy atom. The Balaban J connectivity index is 6.51. The number of ketones is 2. The first-order chi connectivity index (χ1) is 15.0. The monoisotopic (exact) mass is 449 g/mol. The van der Waals surface area contributed by atoms with Gasteiger partial charge in [0.15, 0.2) is 0 Å². The lowest BCUT2D eigenvalue weighted by molar-refractivity contribution is -0.303.